The third-order valence-corrected chi connectivity index (χ3v) is 7.26. The van der Waals surface area contributed by atoms with Crippen LogP contribution < -0.4 is 15.8 Å². The molecule has 1 saturated heterocycles. The zero-order valence-electron chi connectivity index (χ0n) is 25.8. The first kappa shape index (κ1) is 33.1. The van der Waals surface area contributed by atoms with Gasteiger partial charge in [0.25, 0.3) is 5.56 Å². The lowest BCUT2D eigenvalue weighted by Crippen LogP contribution is -2.51. The van der Waals surface area contributed by atoms with Crippen molar-refractivity contribution < 1.29 is 27.5 Å². The van der Waals surface area contributed by atoms with Gasteiger partial charge in [0.1, 0.15) is 17.8 Å². The van der Waals surface area contributed by atoms with Gasteiger partial charge in [-0.15, -0.1) is 5.10 Å². The Morgan fingerprint density at radius 2 is 1.68 bits per heavy atom. The van der Waals surface area contributed by atoms with Gasteiger partial charge in [-0.05, 0) is 45.4 Å². The Balaban J connectivity index is 1.72. The molecule has 1 fully saturated rings. The molecule has 1 aliphatic heterocycles. The topological polar surface area (TPSA) is 114 Å². The van der Waals surface area contributed by atoms with E-state index in [-0.39, 0.29) is 23.0 Å². The number of rotatable bonds is 5. The summed E-state index contributed by atoms with van der Waals surface area (Å²) in [5.74, 6) is -0.0435. The average molecular weight is 640 g/mol. The van der Waals surface area contributed by atoms with Gasteiger partial charge >= 0.3 is 12.3 Å². The van der Waals surface area contributed by atoms with E-state index in [0.29, 0.717) is 49.8 Å². The van der Waals surface area contributed by atoms with Gasteiger partial charge in [-0.2, -0.15) is 22.7 Å². The van der Waals surface area contributed by atoms with Crippen LogP contribution in [0, 0.1) is 0 Å². The number of ether oxygens (including phenoxy) is 1. The average Bonchev–Trinajstić information content (AvgIpc) is 3.37. The zero-order valence-corrected chi connectivity index (χ0v) is 26.6. The molecular formula is C29H37ClF3N7O4. The van der Waals surface area contributed by atoms with Crippen LogP contribution in [0.25, 0.3) is 5.78 Å². The van der Waals surface area contributed by atoms with E-state index in [1.165, 1.54) is 4.52 Å². The van der Waals surface area contributed by atoms with Crippen molar-refractivity contribution in [3.63, 3.8) is 0 Å². The van der Waals surface area contributed by atoms with Gasteiger partial charge in [-0.3, -0.25) is 9.59 Å². The number of fused-ring (bicyclic) bond motifs is 1. The van der Waals surface area contributed by atoms with E-state index in [0.717, 1.165) is 18.2 Å². The number of nitrogens with zero attached hydrogens (tertiary/aromatic N) is 6. The Bertz CT molecular complexity index is 1630. The van der Waals surface area contributed by atoms with Crippen LogP contribution in [0.2, 0.25) is 5.02 Å². The number of benzene rings is 1. The number of carbonyl (C=O) groups is 2. The molecule has 1 aromatic carbocycles. The van der Waals surface area contributed by atoms with E-state index in [1.54, 1.807) is 30.2 Å². The second kappa shape index (κ2) is 11.9. The minimum atomic E-state index is -4.59. The summed E-state index contributed by atoms with van der Waals surface area (Å²) in [7, 11) is 0. The number of hydrogen-bond acceptors (Lipinski definition) is 7. The molecule has 0 saturated carbocycles. The first-order valence-corrected chi connectivity index (χ1v) is 14.6. The second-order valence-electron chi connectivity index (χ2n) is 12.6. The van der Waals surface area contributed by atoms with Crippen LogP contribution in [-0.4, -0.2) is 67.8 Å². The molecule has 44 heavy (non-hydrogen) atoms. The lowest BCUT2D eigenvalue weighted by molar-refractivity contribution is -0.137. The number of amides is 2. The van der Waals surface area contributed by atoms with Crippen molar-refractivity contribution in [1.82, 2.24) is 24.1 Å². The Kier molecular flexibility index (Phi) is 8.98. The molecule has 0 bridgehead atoms. The Labute approximate surface area is 257 Å². The Morgan fingerprint density at radius 1 is 1.05 bits per heavy atom. The smallest absolute Gasteiger partial charge is 0.416 e. The molecule has 2 aromatic heterocycles. The molecule has 3 aromatic rings. The van der Waals surface area contributed by atoms with Crippen molar-refractivity contribution in [2.45, 2.75) is 78.6 Å². The largest absolute Gasteiger partial charge is 0.444 e. The van der Waals surface area contributed by atoms with Crippen LogP contribution in [0.4, 0.5) is 29.3 Å². The van der Waals surface area contributed by atoms with Gasteiger partial charge in [0.05, 0.1) is 22.0 Å². The normalized spacial score (nSPS) is 14.7. The van der Waals surface area contributed by atoms with E-state index in [9.17, 15) is 27.6 Å². The van der Waals surface area contributed by atoms with Crippen molar-refractivity contribution in [2.24, 2.45) is 0 Å². The number of alkyl halides is 3. The summed E-state index contributed by atoms with van der Waals surface area (Å²) < 4.78 is 47.6. The molecule has 1 aliphatic rings. The summed E-state index contributed by atoms with van der Waals surface area (Å²) in [6.45, 7) is 13.9. The van der Waals surface area contributed by atoms with Crippen LogP contribution in [0.3, 0.4) is 0 Å². The van der Waals surface area contributed by atoms with Crippen molar-refractivity contribution in [1.29, 1.82) is 0 Å². The third kappa shape index (κ3) is 7.11. The standard InChI is InChI=1S/C29H37ClF3N7O4/c1-8-20-22(37-11-13-38(14-12-37)26(43)44-28(5,6)7)23(42)40-25(35-24(36-40)27(2,3)4)39(20)16-21(41)34-19-10-9-17(15-18(19)30)29(31,32)33/h9-10,15H,8,11-14,16H2,1-7H3,(H,34,41). The number of carbonyl (C=O) groups excluding carboxylic acids is 2. The molecule has 11 nitrogen and oxygen atoms in total. The zero-order chi connectivity index (χ0) is 32.8. The second-order valence-corrected chi connectivity index (χ2v) is 13.0. The molecule has 1 N–H and O–H groups in total. The first-order valence-electron chi connectivity index (χ1n) is 14.2. The van der Waals surface area contributed by atoms with E-state index in [2.05, 4.69) is 15.4 Å². The van der Waals surface area contributed by atoms with Gasteiger partial charge in [0, 0.05) is 31.6 Å². The summed E-state index contributed by atoms with van der Waals surface area (Å²) in [5, 5.41) is 6.80. The predicted molar refractivity (Wildman–Crippen MR) is 160 cm³/mol. The summed E-state index contributed by atoms with van der Waals surface area (Å²) >= 11 is 6.07. The van der Waals surface area contributed by atoms with Crippen LogP contribution in [-0.2, 0) is 34.1 Å². The first-order chi connectivity index (χ1) is 20.3. The van der Waals surface area contributed by atoms with E-state index < -0.39 is 40.3 Å². The summed E-state index contributed by atoms with van der Waals surface area (Å²) in [4.78, 5) is 47.9. The lowest BCUT2D eigenvalue weighted by atomic mass is 9.96. The molecule has 0 radical (unpaired) electrons. The summed E-state index contributed by atoms with van der Waals surface area (Å²) in [6.07, 6.45) is -4.68. The molecule has 2 amide bonds. The number of halogens is 4. The van der Waals surface area contributed by atoms with E-state index in [1.807, 2.05) is 32.6 Å². The fourth-order valence-corrected chi connectivity index (χ4v) is 5.04. The fourth-order valence-electron chi connectivity index (χ4n) is 4.81. The number of nitrogens with one attached hydrogen (secondary N) is 1. The monoisotopic (exact) mass is 639 g/mol. The summed E-state index contributed by atoms with van der Waals surface area (Å²) in [5.41, 5.74) is -1.65. The van der Waals surface area contributed by atoms with Gasteiger partial charge < -0.3 is 24.4 Å². The number of aromatic nitrogens is 4. The molecule has 240 valence electrons. The Hall–Kier alpha value is -3.81. The van der Waals surface area contributed by atoms with Crippen molar-refractivity contribution in [2.75, 3.05) is 36.4 Å². The van der Waals surface area contributed by atoms with Gasteiger partial charge in [-0.1, -0.05) is 39.3 Å². The highest BCUT2D eigenvalue weighted by molar-refractivity contribution is 6.33. The molecule has 4 rings (SSSR count). The van der Waals surface area contributed by atoms with Gasteiger partial charge in [0.2, 0.25) is 11.7 Å². The van der Waals surface area contributed by atoms with E-state index >= 15 is 0 Å². The van der Waals surface area contributed by atoms with E-state index in [4.69, 9.17) is 16.3 Å². The molecule has 0 unspecified atom stereocenters. The lowest BCUT2D eigenvalue weighted by Gasteiger charge is -2.37. The maximum absolute atomic E-state index is 13.9. The van der Waals surface area contributed by atoms with Gasteiger partial charge in [0.15, 0.2) is 5.82 Å². The minimum absolute atomic E-state index is 0.00937. The van der Waals surface area contributed by atoms with Crippen molar-refractivity contribution in [3.8, 4) is 0 Å². The number of anilines is 2. The van der Waals surface area contributed by atoms with Gasteiger partial charge in [-0.25, -0.2) is 4.79 Å². The molecule has 0 aliphatic carbocycles. The molecule has 0 spiro atoms. The van der Waals surface area contributed by atoms with Crippen LogP contribution in [0.5, 0.6) is 0 Å². The molecule has 0 atom stereocenters. The predicted octanol–water partition coefficient (Wildman–Crippen LogP) is 5.12. The highest BCUT2D eigenvalue weighted by atomic mass is 35.5. The quantitative estimate of drug-likeness (QED) is 0.412. The maximum atomic E-state index is 13.9. The van der Waals surface area contributed by atoms with Crippen LogP contribution >= 0.6 is 11.6 Å². The van der Waals surface area contributed by atoms with Crippen molar-refractivity contribution >= 4 is 40.8 Å². The molecule has 15 heteroatoms. The molecule has 3 heterocycles. The van der Waals surface area contributed by atoms with Crippen LogP contribution in [0.15, 0.2) is 23.0 Å². The van der Waals surface area contributed by atoms with Crippen LogP contribution in [0.1, 0.15) is 65.5 Å². The summed E-state index contributed by atoms with van der Waals surface area (Å²) in [6, 6.07) is 2.67. The Morgan fingerprint density at radius 3 is 2.20 bits per heavy atom. The number of hydrogen-bond donors (Lipinski definition) is 1. The minimum Gasteiger partial charge on any atom is -0.444 e. The fraction of sp³-hybridized carbons (Fsp3) is 0.552. The highest BCUT2D eigenvalue weighted by Gasteiger charge is 2.33. The molecular weight excluding hydrogens is 603 g/mol. The third-order valence-electron chi connectivity index (χ3n) is 6.95. The maximum Gasteiger partial charge on any atom is 0.416 e. The van der Waals surface area contributed by atoms with Crippen molar-refractivity contribution in [3.05, 3.63) is 50.7 Å². The SMILES string of the molecule is CCc1c(N2CCN(C(=O)OC(C)(C)C)CC2)c(=O)n2nc(C(C)(C)C)nc2n1CC(=O)Nc1ccc(C(F)(F)F)cc1Cl. The number of piperazine rings is 1. The highest BCUT2D eigenvalue weighted by Crippen LogP contribution is 2.34.